The Morgan fingerprint density at radius 3 is 2.40 bits per heavy atom. The number of fused-ring (bicyclic) bond motifs is 2. The lowest BCUT2D eigenvalue weighted by Crippen LogP contribution is -2.35. The van der Waals surface area contributed by atoms with E-state index in [1.807, 2.05) is 35.0 Å². The van der Waals surface area contributed by atoms with Gasteiger partial charge >= 0.3 is 5.97 Å². The smallest absolute Gasteiger partial charge is 0.336 e. The van der Waals surface area contributed by atoms with Crippen molar-refractivity contribution in [3.05, 3.63) is 95.8 Å². The van der Waals surface area contributed by atoms with Gasteiger partial charge in [-0.05, 0) is 65.4 Å². The average Bonchev–Trinajstić information content (AvgIpc) is 3.55. The molecule has 2 heterocycles. The van der Waals surface area contributed by atoms with Crippen LogP contribution in [0.3, 0.4) is 0 Å². The van der Waals surface area contributed by atoms with Crippen molar-refractivity contribution in [2.24, 2.45) is 0 Å². The molecule has 2 N–H and O–H groups in total. The van der Waals surface area contributed by atoms with E-state index in [-0.39, 0.29) is 23.2 Å². The van der Waals surface area contributed by atoms with Gasteiger partial charge in [-0.2, -0.15) is 13.8 Å². The zero-order valence-corrected chi connectivity index (χ0v) is 24.7. The van der Waals surface area contributed by atoms with Crippen LogP contribution in [0.1, 0.15) is 33.9 Å². The third-order valence-corrected chi connectivity index (χ3v) is 10.5. The van der Waals surface area contributed by atoms with E-state index < -0.39 is 26.0 Å². The van der Waals surface area contributed by atoms with E-state index in [0.717, 1.165) is 47.4 Å². The number of aryl methyl sites for hydroxylation is 1. The lowest BCUT2D eigenvalue weighted by Gasteiger charge is -2.20. The minimum absolute atomic E-state index is 0.0144. The van der Waals surface area contributed by atoms with Crippen LogP contribution in [0.5, 0.6) is 0 Å². The Labute approximate surface area is 247 Å². The van der Waals surface area contributed by atoms with Crippen molar-refractivity contribution in [1.29, 1.82) is 0 Å². The molecule has 0 aliphatic heterocycles. The van der Waals surface area contributed by atoms with Crippen molar-refractivity contribution in [1.82, 2.24) is 19.7 Å². The summed E-state index contributed by atoms with van der Waals surface area (Å²) in [6, 6.07) is 18.7. The van der Waals surface area contributed by atoms with E-state index in [4.69, 9.17) is 4.98 Å². The zero-order valence-electron chi connectivity index (χ0n) is 23.0. The van der Waals surface area contributed by atoms with Crippen molar-refractivity contribution >= 4 is 54.4 Å². The molecule has 0 saturated carbocycles. The number of benzene rings is 3. The minimum atomic E-state index is -4.05. The summed E-state index contributed by atoms with van der Waals surface area (Å²) in [5, 5.41) is 18.1. The van der Waals surface area contributed by atoms with Gasteiger partial charge in [0.1, 0.15) is 0 Å². The van der Waals surface area contributed by atoms with E-state index in [0.29, 0.717) is 20.6 Å². The van der Waals surface area contributed by atoms with E-state index in [2.05, 4.69) is 15.4 Å². The van der Waals surface area contributed by atoms with Crippen LogP contribution in [0.25, 0.3) is 22.2 Å². The van der Waals surface area contributed by atoms with E-state index >= 15 is 0 Å². The number of anilines is 3. The summed E-state index contributed by atoms with van der Waals surface area (Å²) in [7, 11) is -8.11. The summed E-state index contributed by atoms with van der Waals surface area (Å²) in [6.07, 6.45) is 6.60. The first-order valence-electron chi connectivity index (χ1n) is 13.1. The van der Waals surface area contributed by atoms with Gasteiger partial charge in [-0.1, -0.05) is 36.4 Å². The van der Waals surface area contributed by atoms with Crippen molar-refractivity contribution in [2.75, 3.05) is 21.5 Å². The summed E-state index contributed by atoms with van der Waals surface area (Å²) in [6.45, 7) is 0. The van der Waals surface area contributed by atoms with E-state index in [1.165, 1.54) is 24.3 Å². The van der Waals surface area contributed by atoms with Gasteiger partial charge in [-0.3, -0.25) is 0 Å². The van der Waals surface area contributed by atoms with Crippen LogP contribution < -0.4 is 9.03 Å². The van der Waals surface area contributed by atoms with Gasteiger partial charge in [0.15, 0.2) is 5.65 Å². The average molecular weight is 619 g/mol. The third-order valence-electron chi connectivity index (χ3n) is 7.22. The molecule has 220 valence electrons. The second-order valence-electron chi connectivity index (χ2n) is 10.3. The Kier molecular flexibility index (Phi) is 6.89. The number of nitrogens with zero attached hydrogens (tertiary/aromatic N) is 5. The maximum atomic E-state index is 12.1. The maximum absolute atomic E-state index is 12.1. The van der Waals surface area contributed by atoms with Crippen LogP contribution in [-0.4, -0.2) is 60.2 Å². The van der Waals surface area contributed by atoms with Gasteiger partial charge in [0.05, 0.1) is 41.4 Å². The van der Waals surface area contributed by atoms with Gasteiger partial charge in [-0.15, -0.1) is 0 Å². The summed E-state index contributed by atoms with van der Waals surface area (Å²) in [5.74, 6) is -0.689. The molecular weight excluding hydrogens is 592 g/mol. The number of hydrogen-bond donors (Lipinski definition) is 2. The van der Waals surface area contributed by atoms with Crippen molar-refractivity contribution < 1.29 is 26.7 Å². The number of carboxylic acid groups (broad SMARTS) is 1. The number of carbonyl (C=O) groups is 1. The molecule has 0 radical (unpaired) electrons. The minimum Gasteiger partial charge on any atom is -0.478 e. The van der Waals surface area contributed by atoms with Crippen molar-refractivity contribution in [2.45, 2.75) is 18.9 Å². The molecule has 0 amide bonds. The standard InChI is InChI=1S/C29H26N6O6S2/c1-42(38,39)35(43(2,40)41)22-11-9-21(10-12-22)32-29-30-16-20-17-31-34(27(20)33-29)26-14-8-19-15-18(7-13-24(19)26)23-5-3-4-6-25(23)28(36)37/h3-7,9-13,15-17,26H,8,14H2,1-2H3,(H,36,37)(H,30,32,33). The molecule has 1 atom stereocenters. The summed E-state index contributed by atoms with van der Waals surface area (Å²) >= 11 is 0. The first kappa shape index (κ1) is 28.3. The fraction of sp³-hybridized carbons (Fsp3) is 0.172. The Morgan fingerprint density at radius 1 is 0.977 bits per heavy atom. The normalized spacial score (nSPS) is 14.9. The summed E-state index contributed by atoms with van der Waals surface area (Å²) < 4.78 is 50.5. The zero-order chi connectivity index (χ0) is 30.5. The van der Waals surface area contributed by atoms with Crippen molar-refractivity contribution in [3.63, 3.8) is 0 Å². The number of rotatable bonds is 8. The lowest BCUT2D eigenvalue weighted by atomic mass is 9.96. The number of aromatic carboxylic acids is 1. The molecule has 0 saturated heterocycles. The molecule has 12 nitrogen and oxygen atoms in total. The highest BCUT2D eigenvalue weighted by atomic mass is 32.3. The molecule has 0 fully saturated rings. The molecule has 1 aliphatic rings. The SMILES string of the molecule is CS(=O)(=O)N(c1ccc(Nc2ncc3cnn(C4CCc5cc(-c6ccccc6C(=O)O)ccc54)c3n2)cc1)S(C)(=O)=O. The highest BCUT2D eigenvalue weighted by molar-refractivity contribution is 8.09. The predicted octanol–water partition coefficient (Wildman–Crippen LogP) is 4.20. The van der Waals surface area contributed by atoms with E-state index in [1.54, 1.807) is 24.5 Å². The molecular formula is C29H26N6O6S2. The second kappa shape index (κ2) is 10.5. The number of sulfonamides is 2. The molecule has 14 heteroatoms. The first-order valence-corrected chi connectivity index (χ1v) is 16.8. The lowest BCUT2D eigenvalue weighted by molar-refractivity contribution is 0.0697. The number of aromatic nitrogens is 4. The number of hydrogen-bond acceptors (Lipinski definition) is 9. The highest BCUT2D eigenvalue weighted by Crippen LogP contribution is 2.38. The Morgan fingerprint density at radius 2 is 1.70 bits per heavy atom. The Balaban J connectivity index is 1.28. The van der Waals surface area contributed by atoms with Crippen LogP contribution in [0, 0.1) is 0 Å². The largest absolute Gasteiger partial charge is 0.478 e. The molecule has 0 spiro atoms. The Hall–Kier alpha value is -4.82. The summed E-state index contributed by atoms with van der Waals surface area (Å²) in [5.41, 5.74) is 5.11. The topological polar surface area (TPSA) is 164 Å². The molecule has 43 heavy (non-hydrogen) atoms. The van der Waals surface area contributed by atoms with Gasteiger partial charge in [0, 0.05) is 11.9 Å². The quantitative estimate of drug-likeness (QED) is 0.258. The van der Waals surface area contributed by atoms with Gasteiger partial charge in [0.25, 0.3) is 0 Å². The fourth-order valence-corrected chi connectivity index (χ4v) is 8.46. The first-order chi connectivity index (χ1) is 20.4. The van der Waals surface area contributed by atoms with Crippen LogP contribution in [0.4, 0.5) is 17.3 Å². The van der Waals surface area contributed by atoms with Crippen LogP contribution in [0.15, 0.2) is 79.1 Å². The molecule has 3 aromatic carbocycles. The van der Waals surface area contributed by atoms with Gasteiger partial charge in [-0.25, -0.2) is 31.3 Å². The molecule has 1 aliphatic carbocycles. The van der Waals surface area contributed by atoms with Crippen molar-refractivity contribution in [3.8, 4) is 11.1 Å². The number of nitrogens with one attached hydrogen (secondary N) is 1. The van der Waals surface area contributed by atoms with Crippen LogP contribution in [-0.2, 0) is 26.5 Å². The van der Waals surface area contributed by atoms with Crippen LogP contribution in [0.2, 0.25) is 0 Å². The van der Waals surface area contributed by atoms with E-state index in [9.17, 15) is 26.7 Å². The molecule has 2 aromatic heterocycles. The van der Waals surface area contributed by atoms with Gasteiger partial charge in [0.2, 0.25) is 26.0 Å². The van der Waals surface area contributed by atoms with Crippen LogP contribution >= 0.6 is 0 Å². The second-order valence-corrected chi connectivity index (χ2v) is 14.2. The highest BCUT2D eigenvalue weighted by Gasteiger charge is 2.28. The molecule has 6 rings (SSSR count). The molecule has 1 unspecified atom stereocenters. The monoisotopic (exact) mass is 618 g/mol. The van der Waals surface area contributed by atoms with Gasteiger partial charge < -0.3 is 10.4 Å². The molecule has 0 bridgehead atoms. The third kappa shape index (κ3) is 5.42. The molecule has 5 aromatic rings. The maximum Gasteiger partial charge on any atom is 0.336 e. The summed E-state index contributed by atoms with van der Waals surface area (Å²) in [4.78, 5) is 20.8. The fourth-order valence-electron chi connectivity index (χ4n) is 5.49. The number of carboxylic acids is 1. The predicted molar refractivity (Wildman–Crippen MR) is 163 cm³/mol. The Bertz CT molecular complexity index is 2080.